The Morgan fingerprint density at radius 2 is 2.50 bits per heavy atom. The van der Waals surface area contributed by atoms with Gasteiger partial charge in [0.1, 0.15) is 5.78 Å². The fourth-order valence-electron chi connectivity index (χ4n) is 1.18. The van der Waals surface area contributed by atoms with Gasteiger partial charge in [0.15, 0.2) is 0 Å². The predicted octanol–water partition coefficient (Wildman–Crippen LogP) is 0.936. The Morgan fingerprint density at radius 3 is 2.90 bits per heavy atom. The highest BCUT2D eigenvalue weighted by molar-refractivity contribution is 6.18. The molecule has 3 heteroatoms. The summed E-state index contributed by atoms with van der Waals surface area (Å²) in [6.07, 6.45) is 1.24. The summed E-state index contributed by atoms with van der Waals surface area (Å²) in [5.74, 6) is 0.834. The first-order chi connectivity index (χ1) is 4.66. The predicted molar refractivity (Wildman–Crippen MR) is 41.4 cm³/mol. The molecule has 2 nitrogen and oxygen atoms in total. The largest absolute Gasteiger partial charge is 0.309 e. The van der Waals surface area contributed by atoms with E-state index < -0.39 is 0 Å². The van der Waals surface area contributed by atoms with Crippen LogP contribution in [0.3, 0.4) is 0 Å². The summed E-state index contributed by atoms with van der Waals surface area (Å²) in [6.45, 7) is 2.76. The SMILES string of the molecule is CC1(CCl)CC(=O)CCN1. The van der Waals surface area contributed by atoms with Crippen LogP contribution in [0.4, 0.5) is 0 Å². The quantitative estimate of drug-likeness (QED) is 0.580. The standard InChI is InChI=1S/C7H12ClNO/c1-7(5-8)4-6(10)2-3-9-7/h9H,2-5H2,1H3. The van der Waals surface area contributed by atoms with Crippen molar-refractivity contribution >= 4 is 17.4 Å². The molecule has 0 radical (unpaired) electrons. The maximum atomic E-state index is 10.9. The van der Waals surface area contributed by atoms with Gasteiger partial charge in [-0.15, -0.1) is 11.6 Å². The van der Waals surface area contributed by atoms with E-state index in [2.05, 4.69) is 5.32 Å². The number of hydrogen-bond donors (Lipinski definition) is 1. The molecular weight excluding hydrogens is 150 g/mol. The Bertz CT molecular complexity index is 149. The van der Waals surface area contributed by atoms with Gasteiger partial charge in [-0.3, -0.25) is 4.79 Å². The van der Waals surface area contributed by atoms with E-state index >= 15 is 0 Å². The molecule has 0 saturated carbocycles. The van der Waals surface area contributed by atoms with Crippen molar-refractivity contribution in [3.63, 3.8) is 0 Å². The summed E-state index contributed by atoms with van der Waals surface area (Å²) in [6, 6.07) is 0. The summed E-state index contributed by atoms with van der Waals surface area (Å²) < 4.78 is 0. The lowest BCUT2D eigenvalue weighted by atomic mass is 9.92. The van der Waals surface area contributed by atoms with Crippen LogP contribution in [0.1, 0.15) is 19.8 Å². The number of carbonyl (C=O) groups excluding carboxylic acids is 1. The van der Waals surface area contributed by atoms with Crippen LogP contribution < -0.4 is 5.32 Å². The fourth-order valence-corrected chi connectivity index (χ4v) is 1.37. The molecule has 0 aromatic heterocycles. The summed E-state index contributed by atoms with van der Waals surface area (Å²) in [5, 5.41) is 3.22. The Morgan fingerprint density at radius 1 is 1.80 bits per heavy atom. The summed E-state index contributed by atoms with van der Waals surface area (Å²) in [7, 11) is 0. The highest BCUT2D eigenvalue weighted by atomic mass is 35.5. The van der Waals surface area contributed by atoms with Crippen LogP contribution in [0.5, 0.6) is 0 Å². The molecule has 1 aliphatic rings. The minimum atomic E-state index is -0.142. The number of nitrogens with one attached hydrogen (secondary N) is 1. The first kappa shape index (κ1) is 8.02. The van der Waals surface area contributed by atoms with E-state index in [9.17, 15) is 4.79 Å². The minimum Gasteiger partial charge on any atom is -0.309 e. The minimum absolute atomic E-state index is 0.142. The monoisotopic (exact) mass is 161 g/mol. The number of hydrogen-bond acceptors (Lipinski definition) is 2. The number of piperidine rings is 1. The first-order valence-electron chi connectivity index (χ1n) is 3.49. The lowest BCUT2D eigenvalue weighted by Crippen LogP contribution is -2.50. The van der Waals surface area contributed by atoms with E-state index in [0.717, 1.165) is 6.54 Å². The zero-order valence-corrected chi connectivity index (χ0v) is 6.87. The maximum absolute atomic E-state index is 10.9. The second kappa shape index (κ2) is 2.89. The highest BCUT2D eigenvalue weighted by Gasteiger charge is 2.29. The van der Waals surface area contributed by atoms with Gasteiger partial charge in [-0.2, -0.15) is 0 Å². The highest BCUT2D eigenvalue weighted by Crippen LogP contribution is 2.16. The number of Topliss-reactive ketones (excluding diaryl/α,β-unsaturated/α-hetero) is 1. The van der Waals surface area contributed by atoms with Gasteiger partial charge >= 0.3 is 0 Å². The number of ketones is 1. The molecular formula is C7H12ClNO. The van der Waals surface area contributed by atoms with Gasteiger partial charge in [-0.25, -0.2) is 0 Å². The van der Waals surface area contributed by atoms with Crippen molar-refractivity contribution in [1.82, 2.24) is 5.32 Å². The summed E-state index contributed by atoms with van der Waals surface area (Å²) >= 11 is 5.67. The maximum Gasteiger partial charge on any atom is 0.136 e. The Labute approximate surface area is 65.9 Å². The summed E-state index contributed by atoms with van der Waals surface area (Å²) in [5.41, 5.74) is -0.142. The fraction of sp³-hybridized carbons (Fsp3) is 0.857. The smallest absolute Gasteiger partial charge is 0.136 e. The lowest BCUT2D eigenvalue weighted by Gasteiger charge is -2.31. The Hall–Kier alpha value is -0.0800. The van der Waals surface area contributed by atoms with Gasteiger partial charge in [-0.1, -0.05) is 0 Å². The number of carbonyl (C=O) groups is 1. The van der Waals surface area contributed by atoms with Crippen molar-refractivity contribution < 1.29 is 4.79 Å². The van der Waals surface area contributed by atoms with E-state index in [1.807, 2.05) is 6.92 Å². The van der Waals surface area contributed by atoms with E-state index in [0.29, 0.717) is 24.5 Å². The molecule has 58 valence electrons. The molecule has 1 atom stereocenters. The van der Waals surface area contributed by atoms with E-state index in [4.69, 9.17) is 11.6 Å². The Balaban J connectivity index is 2.53. The first-order valence-corrected chi connectivity index (χ1v) is 4.02. The molecule has 0 aromatic rings. The van der Waals surface area contributed by atoms with Crippen molar-refractivity contribution in [2.24, 2.45) is 0 Å². The Kier molecular flexibility index (Phi) is 2.32. The molecule has 0 aromatic carbocycles. The van der Waals surface area contributed by atoms with Crippen molar-refractivity contribution in [2.45, 2.75) is 25.3 Å². The third-order valence-electron chi connectivity index (χ3n) is 1.84. The normalized spacial score (nSPS) is 34.4. The zero-order valence-electron chi connectivity index (χ0n) is 6.11. The van der Waals surface area contributed by atoms with Gasteiger partial charge in [-0.05, 0) is 6.92 Å². The topological polar surface area (TPSA) is 29.1 Å². The van der Waals surface area contributed by atoms with Gasteiger partial charge < -0.3 is 5.32 Å². The number of alkyl halides is 1. The molecule has 0 bridgehead atoms. The van der Waals surface area contributed by atoms with E-state index in [1.54, 1.807) is 0 Å². The van der Waals surface area contributed by atoms with Crippen molar-refractivity contribution in [3.05, 3.63) is 0 Å². The van der Waals surface area contributed by atoms with Gasteiger partial charge in [0, 0.05) is 30.8 Å². The van der Waals surface area contributed by atoms with Crippen LogP contribution in [-0.4, -0.2) is 23.7 Å². The van der Waals surface area contributed by atoms with Gasteiger partial charge in [0.05, 0.1) is 0 Å². The molecule has 1 saturated heterocycles. The molecule has 0 amide bonds. The lowest BCUT2D eigenvalue weighted by molar-refractivity contribution is -0.121. The van der Waals surface area contributed by atoms with E-state index in [1.165, 1.54) is 0 Å². The molecule has 1 aliphatic heterocycles. The average molecular weight is 162 g/mol. The summed E-state index contributed by atoms with van der Waals surface area (Å²) in [4.78, 5) is 10.9. The van der Waals surface area contributed by atoms with Gasteiger partial charge in [0.25, 0.3) is 0 Å². The average Bonchev–Trinajstić information content (AvgIpc) is 1.88. The van der Waals surface area contributed by atoms with Crippen LogP contribution in [-0.2, 0) is 4.79 Å². The zero-order chi connectivity index (χ0) is 7.61. The molecule has 1 rings (SSSR count). The second-order valence-electron chi connectivity index (χ2n) is 3.09. The van der Waals surface area contributed by atoms with Crippen molar-refractivity contribution in [1.29, 1.82) is 0 Å². The third kappa shape index (κ3) is 1.70. The van der Waals surface area contributed by atoms with Crippen molar-refractivity contribution in [2.75, 3.05) is 12.4 Å². The van der Waals surface area contributed by atoms with Crippen LogP contribution in [0.15, 0.2) is 0 Å². The van der Waals surface area contributed by atoms with Crippen molar-refractivity contribution in [3.8, 4) is 0 Å². The molecule has 1 unspecified atom stereocenters. The van der Waals surface area contributed by atoms with Crippen LogP contribution in [0, 0.1) is 0 Å². The third-order valence-corrected chi connectivity index (χ3v) is 2.43. The molecule has 0 aliphatic carbocycles. The second-order valence-corrected chi connectivity index (χ2v) is 3.35. The van der Waals surface area contributed by atoms with Crippen LogP contribution in [0.25, 0.3) is 0 Å². The molecule has 1 heterocycles. The molecule has 1 N–H and O–H groups in total. The van der Waals surface area contributed by atoms with Gasteiger partial charge in [0.2, 0.25) is 0 Å². The van der Waals surface area contributed by atoms with E-state index in [-0.39, 0.29) is 5.54 Å². The number of rotatable bonds is 1. The molecule has 10 heavy (non-hydrogen) atoms. The molecule has 1 fully saturated rings. The van der Waals surface area contributed by atoms with Crippen LogP contribution >= 0.6 is 11.6 Å². The molecule has 0 spiro atoms. The number of halogens is 1. The van der Waals surface area contributed by atoms with Crippen LogP contribution in [0.2, 0.25) is 0 Å².